The van der Waals surface area contributed by atoms with Crippen LogP contribution in [0.15, 0.2) is 0 Å². The van der Waals surface area contributed by atoms with Crippen molar-refractivity contribution in [3.63, 3.8) is 0 Å². The standard InChI is InChI=1S/C9H16FNO/c1-8(10)5-9(7-12-2)3-4-11(9)6-8/h3-7H2,1-2H3/t8-,9+/m0/s1. The molecule has 0 unspecified atom stereocenters. The Labute approximate surface area is 72.7 Å². The summed E-state index contributed by atoms with van der Waals surface area (Å²) >= 11 is 0. The normalized spacial score (nSPS) is 47.2. The second-order valence-electron chi connectivity index (χ2n) is 4.42. The lowest BCUT2D eigenvalue weighted by atomic mass is 9.84. The zero-order valence-corrected chi connectivity index (χ0v) is 7.77. The van der Waals surface area contributed by atoms with Crippen LogP contribution in [0.4, 0.5) is 4.39 Å². The van der Waals surface area contributed by atoms with Gasteiger partial charge in [0, 0.05) is 32.2 Å². The smallest absolute Gasteiger partial charge is 0.122 e. The lowest BCUT2D eigenvalue weighted by molar-refractivity contribution is -0.0340. The zero-order valence-electron chi connectivity index (χ0n) is 7.77. The summed E-state index contributed by atoms with van der Waals surface area (Å²) in [5, 5.41) is 0. The van der Waals surface area contributed by atoms with Crippen LogP contribution in [0.3, 0.4) is 0 Å². The Hall–Kier alpha value is -0.150. The van der Waals surface area contributed by atoms with Crippen LogP contribution in [0, 0.1) is 0 Å². The summed E-state index contributed by atoms with van der Waals surface area (Å²) in [4.78, 5) is 2.22. The molecule has 12 heavy (non-hydrogen) atoms. The molecule has 2 atom stereocenters. The molecule has 0 bridgehead atoms. The molecule has 2 rings (SSSR count). The average molecular weight is 173 g/mol. The molecule has 2 nitrogen and oxygen atoms in total. The lowest BCUT2D eigenvalue weighted by Crippen LogP contribution is -2.58. The molecule has 0 radical (unpaired) electrons. The summed E-state index contributed by atoms with van der Waals surface area (Å²) < 4.78 is 18.8. The van der Waals surface area contributed by atoms with Gasteiger partial charge in [-0.15, -0.1) is 0 Å². The molecule has 0 aromatic carbocycles. The van der Waals surface area contributed by atoms with Gasteiger partial charge in [-0.3, -0.25) is 4.90 Å². The molecule has 2 heterocycles. The van der Waals surface area contributed by atoms with Gasteiger partial charge in [0.05, 0.1) is 6.61 Å². The number of alkyl halides is 1. The summed E-state index contributed by atoms with van der Waals surface area (Å²) in [5.74, 6) is 0. The Bertz CT molecular complexity index is 195. The van der Waals surface area contributed by atoms with Crippen molar-refractivity contribution >= 4 is 0 Å². The number of halogens is 1. The Morgan fingerprint density at radius 1 is 1.58 bits per heavy atom. The third-order valence-electron chi connectivity index (χ3n) is 3.15. The van der Waals surface area contributed by atoms with Crippen LogP contribution in [0.5, 0.6) is 0 Å². The zero-order chi connectivity index (χ0) is 8.82. The summed E-state index contributed by atoms with van der Waals surface area (Å²) in [5.41, 5.74) is -0.937. The number of rotatable bonds is 2. The third-order valence-corrected chi connectivity index (χ3v) is 3.15. The Morgan fingerprint density at radius 3 is 2.75 bits per heavy atom. The van der Waals surface area contributed by atoms with Gasteiger partial charge in [-0.2, -0.15) is 0 Å². The van der Waals surface area contributed by atoms with Crippen LogP contribution in [0.2, 0.25) is 0 Å². The largest absolute Gasteiger partial charge is 0.383 e. The SMILES string of the molecule is COC[C@]12CCN1C[C@@](C)(F)C2. The van der Waals surface area contributed by atoms with Crippen molar-refractivity contribution in [2.24, 2.45) is 0 Å². The molecule has 0 aliphatic carbocycles. The maximum absolute atomic E-state index is 13.6. The van der Waals surface area contributed by atoms with Crippen molar-refractivity contribution in [1.82, 2.24) is 4.90 Å². The minimum atomic E-state index is -0.991. The van der Waals surface area contributed by atoms with E-state index in [2.05, 4.69) is 4.90 Å². The van der Waals surface area contributed by atoms with Crippen molar-refractivity contribution < 1.29 is 9.13 Å². The monoisotopic (exact) mass is 173 g/mol. The first kappa shape index (κ1) is 8.45. The van der Waals surface area contributed by atoms with Gasteiger partial charge >= 0.3 is 0 Å². The first-order chi connectivity index (χ1) is 5.58. The molecule has 0 aromatic rings. The second kappa shape index (κ2) is 2.42. The fourth-order valence-electron chi connectivity index (χ4n) is 2.66. The molecule has 0 spiro atoms. The number of hydrogen-bond acceptors (Lipinski definition) is 2. The molecule has 2 fully saturated rings. The first-order valence-corrected chi connectivity index (χ1v) is 4.51. The molecule has 2 aliphatic rings. The van der Waals surface area contributed by atoms with E-state index in [0.29, 0.717) is 19.6 Å². The Morgan fingerprint density at radius 2 is 2.33 bits per heavy atom. The maximum Gasteiger partial charge on any atom is 0.122 e. The maximum atomic E-state index is 13.6. The van der Waals surface area contributed by atoms with Gasteiger partial charge in [0.2, 0.25) is 0 Å². The van der Waals surface area contributed by atoms with Gasteiger partial charge in [0.1, 0.15) is 5.67 Å². The van der Waals surface area contributed by atoms with Gasteiger partial charge in [-0.05, 0) is 13.3 Å². The van der Waals surface area contributed by atoms with E-state index in [1.807, 2.05) is 0 Å². The fraction of sp³-hybridized carbons (Fsp3) is 1.00. The molecule has 0 amide bonds. The third kappa shape index (κ3) is 1.07. The topological polar surface area (TPSA) is 12.5 Å². The molecule has 2 saturated heterocycles. The van der Waals surface area contributed by atoms with Crippen LogP contribution in [-0.4, -0.2) is 42.9 Å². The van der Waals surface area contributed by atoms with E-state index in [-0.39, 0.29) is 5.54 Å². The van der Waals surface area contributed by atoms with Crippen molar-refractivity contribution in [2.75, 3.05) is 26.8 Å². The van der Waals surface area contributed by atoms with Crippen LogP contribution >= 0.6 is 0 Å². The van der Waals surface area contributed by atoms with E-state index in [0.717, 1.165) is 13.0 Å². The van der Waals surface area contributed by atoms with E-state index in [9.17, 15) is 4.39 Å². The highest BCUT2D eigenvalue weighted by Gasteiger charge is 2.56. The van der Waals surface area contributed by atoms with Crippen molar-refractivity contribution in [3.8, 4) is 0 Å². The van der Waals surface area contributed by atoms with Crippen LogP contribution in [-0.2, 0) is 4.74 Å². The van der Waals surface area contributed by atoms with Crippen molar-refractivity contribution in [1.29, 1.82) is 0 Å². The van der Waals surface area contributed by atoms with Crippen LogP contribution in [0.1, 0.15) is 19.8 Å². The molecule has 2 aliphatic heterocycles. The van der Waals surface area contributed by atoms with Crippen LogP contribution < -0.4 is 0 Å². The van der Waals surface area contributed by atoms with E-state index < -0.39 is 5.67 Å². The van der Waals surface area contributed by atoms with Gasteiger partial charge < -0.3 is 4.74 Å². The Balaban J connectivity index is 2.08. The molecule has 0 aromatic heterocycles. The second-order valence-corrected chi connectivity index (χ2v) is 4.42. The summed E-state index contributed by atoms with van der Waals surface area (Å²) in [6, 6.07) is 0. The first-order valence-electron chi connectivity index (χ1n) is 4.51. The molecule has 0 saturated carbocycles. The van der Waals surface area contributed by atoms with Gasteiger partial charge in [0.15, 0.2) is 0 Å². The van der Waals surface area contributed by atoms with Crippen molar-refractivity contribution in [2.45, 2.75) is 31.0 Å². The molecule has 0 N–H and O–H groups in total. The average Bonchev–Trinajstić information content (AvgIpc) is 2.12. The van der Waals surface area contributed by atoms with E-state index >= 15 is 0 Å². The van der Waals surface area contributed by atoms with Gasteiger partial charge in [-0.25, -0.2) is 4.39 Å². The van der Waals surface area contributed by atoms with Crippen LogP contribution in [0.25, 0.3) is 0 Å². The molecule has 70 valence electrons. The predicted molar refractivity (Wildman–Crippen MR) is 44.9 cm³/mol. The van der Waals surface area contributed by atoms with E-state index in [4.69, 9.17) is 4.74 Å². The number of hydrogen-bond donors (Lipinski definition) is 0. The number of methoxy groups -OCH3 is 1. The summed E-state index contributed by atoms with van der Waals surface area (Å²) in [6.07, 6.45) is 1.74. The number of nitrogens with zero attached hydrogens (tertiary/aromatic N) is 1. The molecule has 3 heteroatoms. The predicted octanol–water partition coefficient (Wildman–Crippen LogP) is 1.21. The fourth-order valence-corrected chi connectivity index (χ4v) is 2.66. The highest BCUT2D eigenvalue weighted by atomic mass is 19.1. The molecular formula is C9H16FNO. The van der Waals surface area contributed by atoms with Gasteiger partial charge in [0.25, 0.3) is 0 Å². The number of fused-ring (bicyclic) bond motifs is 1. The van der Waals surface area contributed by atoms with Crippen molar-refractivity contribution in [3.05, 3.63) is 0 Å². The van der Waals surface area contributed by atoms with E-state index in [1.54, 1.807) is 14.0 Å². The minimum absolute atomic E-state index is 0.0538. The quantitative estimate of drug-likeness (QED) is 0.622. The Kier molecular flexibility index (Phi) is 1.70. The summed E-state index contributed by atoms with van der Waals surface area (Å²) in [7, 11) is 1.69. The van der Waals surface area contributed by atoms with E-state index in [1.165, 1.54) is 0 Å². The lowest BCUT2D eigenvalue weighted by Gasteiger charge is -2.47. The number of ether oxygens (including phenoxy) is 1. The summed E-state index contributed by atoms with van der Waals surface area (Å²) in [6.45, 7) is 4.02. The highest BCUT2D eigenvalue weighted by Crippen LogP contribution is 2.46. The highest BCUT2D eigenvalue weighted by molar-refractivity contribution is 5.11. The minimum Gasteiger partial charge on any atom is -0.383 e. The molecular weight excluding hydrogens is 157 g/mol. The van der Waals surface area contributed by atoms with Gasteiger partial charge in [-0.1, -0.05) is 0 Å².